The topological polar surface area (TPSA) is 18.0 Å². The van der Waals surface area contributed by atoms with Crippen molar-refractivity contribution < 1.29 is 9.30 Å². The highest BCUT2D eigenvalue weighted by molar-refractivity contribution is 4.99. The first kappa shape index (κ1) is 12.2. The molecular formula is C12H23N2O+. The second kappa shape index (κ2) is 5.91. The van der Waals surface area contributed by atoms with Crippen LogP contribution in [0.3, 0.4) is 0 Å². The van der Waals surface area contributed by atoms with Gasteiger partial charge in [0.05, 0.1) is 13.7 Å². The Balaban J connectivity index is 2.52. The summed E-state index contributed by atoms with van der Waals surface area (Å²) in [7, 11) is 2.06. The van der Waals surface area contributed by atoms with Gasteiger partial charge in [-0.25, -0.2) is 9.13 Å². The van der Waals surface area contributed by atoms with E-state index in [0.717, 1.165) is 26.2 Å². The highest BCUT2D eigenvalue weighted by Gasteiger charge is 2.14. The number of imidazole rings is 1. The van der Waals surface area contributed by atoms with Gasteiger partial charge in [-0.3, -0.25) is 0 Å². The van der Waals surface area contributed by atoms with Crippen molar-refractivity contribution in [1.82, 2.24) is 4.57 Å². The first-order valence-electron chi connectivity index (χ1n) is 5.78. The van der Waals surface area contributed by atoms with Gasteiger partial charge in [-0.2, -0.15) is 0 Å². The summed E-state index contributed by atoms with van der Waals surface area (Å²) < 4.78 is 9.89. The molecule has 1 heterocycles. The molecule has 15 heavy (non-hydrogen) atoms. The molecule has 1 aromatic heterocycles. The smallest absolute Gasteiger partial charge is 0.243 e. The van der Waals surface area contributed by atoms with Gasteiger partial charge in [-0.05, 0) is 6.42 Å². The number of hydrogen-bond acceptors (Lipinski definition) is 1. The van der Waals surface area contributed by atoms with Gasteiger partial charge < -0.3 is 4.74 Å². The Kier molecular flexibility index (Phi) is 4.82. The molecule has 0 spiro atoms. The zero-order valence-corrected chi connectivity index (χ0v) is 10.4. The molecule has 0 bridgehead atoms. The van der Waals surface area contributed by atoms with Crippen LogP contribution in [0.4, 0.5) is 0 Å². The molecule has 1 rings (SSSR count). The van der Waals surface area contributed by atoms with Crippen LogP contribution in [-0.4, -0.2) is 17.8 Å². The zero-order valence-electron chi connectivity index (χ0n) is 10.4. The van der Waals surface area contributed by atoms with Crippen LogP contribution in [-0.2, 0) is 18.3 Å². The van der Waals surface area contributed by atoms with Gasteiger partial charge in [-0.15, -0.1) is 0 Å². The van der Waals surface area contributed by atoms with Gasteiger partial charge in [0.15, 0.2) is 0 Å². The van der Waals surface area contributed by atoms with Crippen molar-refractivity contribution in [2.45, 2.75) is 39.7 Å². The Morgan fingerprint density at radius 3 is 2.73 bits per heavy atom. The molecule has 0 aliphatic carbocycles. The minimum absolute atomic E-state index is 0.567. The van der Waals surface area contributed by atoms with Crippen molar-refractivity contribution in [3.63, 3.8) is 0 Å². The fraction of sp³-hybridized carbons (Fsp3) is 0.750. The fourth-order valence-electron chi connectivity index (χ4n) is 1.68. The van der Waals surface area contributed by atoms with Crippen molar-refractivity contribution in [2.75, 3.05) is 13.2 Å². The highest BCUT2D eigenvalue weighted by Crippen LogP contribution is 2.11. The van der Waals surface area contributed by atoms with Crippen LogP contribution < -0.4 is 4.57 Å². The Hall–Kier alpha value is -0.830. The molecule has 0 aliphatic rings. The Labute approximate surface area is 92.7 Å². The van der Waals surface area contributed by atoms with E-state index in [0.29, 0.717) is 5.92 Å². The van der Waals surface area contributed by atoms with Gasteiger partial charge in [-0.1, -0.05) is 20.8 Å². The fourth-order valence-corrected chi connectivity index (χ4v) is 1.68. The third kappa shape index (κ3) is 3.67. The summed E-state index contributed by atoms with van der Waals surface area (Å²) in [6.07, 6.45) is 5.41. The van der Waals surface area contributed by atoms with Crippen molar-refractivity contribution in [2.24, 2.45) is 7.05 Å². The van der Waals surface area contributed by atoms with Crippen molar-refractivity contribution >= 4 is 0 Å². The maximum atomic E-state index is 5.50. The molecule has 0 aliphatic heterocycles. The van der Waals surface area contributed by atoms with Crippen LogP contribution in [0.1, 0.15) is 38.8 Å². The van der Waals surface area contributed by atoms with Gasteiger partial charge in [0, 0.05) is 12.5 Å². The SMILES string of the molecule is CCCOCCn1c[n+](C)cc1C(C)C. The van der Waals surface area contributed by atoms with E-state index >= 15 is 0 Å². The predicted molar refractivity (Wildman–Crippen MR) is 60.8 cm³/mol. The summed E-state index contributed by atoms with van der Waals surface area (Å²) in [6.45, 7) is 9.20. The Morgan fingerprint density at radius 2 is 2.13 bits per heavy atom. The maximum absolute atomic E-state index is 5.50. The molecule has 0 amide bonds. The molecule has 3 nitrogen and oxygen atoms in total. The van der Waals surface area contributed by atoms with Gasteiger partial charge in [0.2, 0.25) is 6.33 Å². The average molecular weight is 211 g/mol. The van der Waals surface area contributed by atoms with Crippen LogP contribution >= 0.6 is 0 Å². The van der Waals surface area contributed by atoms with E-state index in [1.54, 1.807) is 0 Å². The minimum atomic E-state index is 0.567. The van der Waals surface area contributed by atoms with Crippen LogP contribution in [0, 0.1) is 0 Å². The van der Waals surface area contributed by atoms with Crippen LogP contribution in [0.25, 0.3) is 0 Å². The first-order valence-corrected chi connectivity index (χ1v) is 5.78. The number of nitrogens with zero attached hydrogens (tertiary/aromatic N) is 2. The number of aryl methyl sites for hydroxylation is 1. The third-order valence-electron chi connectivity index (χ3n) is 2.41. The molecule has 0 saturated carbocycles. The number of aromatic nitrogens is 2. The van der Waals surface area contributed by atoms with Gasteiger partial charge >= 0.3 is 0 Å². The van der Waals surface area contributed by atoms with Crippen molar-refractivity contribution in [3.8, 4) is 0 Å². The molecule has 1 aromatic rings. The predicted octanol–water partition coefficient (Wildman–Crippen LogP) is 1.86. The number of hydrogen-bond donors (Lipinski definition) is 0. The summed E-state index contributed by atoms with van der Waals surface area (Å²) in [5.74, 6) is 0.567. The Morgan fingerprint density at radius 1 is 1.40 bits per heavy atom. The van der Waals surface area contributed by atoms with Crippen LogP contribution in [0.5, 0.6) is 0 Å². The largest absolute Gasteiger partial charge is 0.377 e. The molecule has 0 N–H and O–H groups in total. The van der Waals surface area contributed by atoms with E-state index in [4.69, 9.17) is 4.74 Å². The van der Waals surface area contributed by atoms with Crippen molar-refractivity contribution in [1.29, 1.82) is 0 Å². The lowest BCUT2D eigenvalue weighted by molar-refractivity contribution is -0.671. The van der Waals surface area contributed by atoms with Gasteiger partial charge in [0.1, 0.15) is 18.4 Å². The van der Waals surface area contributed by atoms with E-state index in [1.807, 2.05) is 0 Å². The molecule has 86 valence electrons. The maximum Gasteiger partial charge on any atom is 0.243 e. The second-order valence-electron chi connectivity index (χ2n) is 4.30. The summed E-state index contributed by atoms with van der Waals surface area (Å²) in [6, 6.07) is 0. The molecular weight excluding hydrogens is 188 g/mol. The lowest BCUT2D eigenvalue weighted by Gasteiger charge is -2.04. The normalized spacial score (nSPS) is 11.3. The molecule has 0 radical (unpaired) electrons. The summed E-state index contributed by atoms with van der Waals surface area (Å²) >= 11 is 0. The minimum Gasteiger partial charge on any atom is -0.377 e. The van der Waals surface area contributed by atoms with Crippen LogP contribution in [0.15, 0.2) is 12.5 Å². The van der Waals surface area contributed by atoms with E-state index in [9.17, 15) is 0 Å². The Bertz CT molecular complexity index is 292. The summed E-state index contributed by atoms with van der Waals surface area (Å²) in [5.41, 5.74) is 1.37. The second-order valence-corrected chi connectivity index (χ2v) is 4.30. The molecule has 0 saturated heterocycles. The van der Waals surface area contributed by atoms with E-state index in [2.05, 4.69) is 49.5 Å². The molecule has 0 aromatic carbocycles. The average Bonchev–Trinajstić information content (AvgIpc) is 2.55. The highest BCUT2D eigenvalue weighted by atomic mass is 16.5. The number of rotatable bonds is 6. The summed E-state index contributed by atoms with van der Waals surface area (Å²) in [4.78, 5) is 0. The van der Waals surface area contributed by atoms with Crippen LogP contribution in [0.2, 0.25) is 0 Å². The van der Waals surface area contributed by atoms with E-state index in [-0.39, 0.29) is 0 Å². The molecule has 0 atom stereocenters. The molecule has 0 fully saturated rings. The molecule has 0 unspecified atom stereocenters. The first-order chi connectivity index (χ1) is 7.15. The molecule has 3 heteroatoms. The van der Waals surface area contributed by atoms with Crippen molar-refractivity contribution in [3.05, 3.63) is 18.2 Å². The third-order valence-corrected chi connectivity index (χ3v) is 2.41. The van der Waals surface area contributed by atoms with E-state index < -0.39 is 0 Å². The van der Waals surface area contributed by atoms with Gasteiger partial charge in [0.25, 0.3) is 0 Å². The lowest BCUT2D eigenvalue weighted by atomic mass is 10.1. The number of ether oxygens (including phenoxy) is 1. The quantitative estimate of drug-likeness (QED) is 0.519. The summed E-state index contributed by atoms with van der Waals surface area (Å²) in [5, 5.41) is 0. The monoisotopic (exact) mass is 211 g/mol. The lowest BCUT2D eigenvalue weighted by Crippen LogP contribution is -2.24. The zero-order chi connectivity index (χ0) is 11.3. The standard InChI is InChI=1S/C12H23N2O/c1-5-7-15-8-6-14-10-13(4)9-12(14)11(2)3/h9-11H,5-8H2,1-4H3/q+1. The van der Waals surface area contributed by atoms with E-state index in [1.165, 1.54) is 5.69 Å².